The van der Waals surface area contributed by atoms with Gasteiger partial charge in [0, 0.05) is 16.6 Å². The number of anilines is 1. The van der Waals surface area contributed by atoms with Crippen LogP contribution in [0.3, 0.4) is 0 Å². The number of hydrogen-bond donors (Lipinski definition) is 1. The smallest absolute Gasteiger partial charge is 0.237 e. The van der Waals surface area contributed by atoms with Crippen molar-refractivity contribution < 1.29 is 9.53 Å². The van der Waals surface area contributed by atoms with Crippen LogP contribution < -0.4 is 10.1 Å². The summed E-state index contributed by atoms with van der Waals surface area (Å²) in [4.78, 5) is 22.2. The number of pyridine rings is 2. The predicted octanol–water partition coefficient (Wildman–Crippen LogP) is 5.60. The zero-order chi connectivity index (χ0) is 23.4. The van der Waals surface area contributed by atoms with Gasteiger partial charge in [-0.3, -0.25) is 9.78 Å². The standard InChI is InChI=1S/C26H22N4O2S/c1-16-14-24(21-6-4-5-7-23(21)28-16)29-25(31)17(2)33-26-19(15-27)10-13-22(30-26)18-8-11-20(32-3)12-9-18/h4-14,17H,1-3H3,(H,28,29,31). The Bertz CT molecular complexity index is 1360. The van der Waals surface area contributed by atoms with Crippen LogP contribution in [-0.4, -0.2) is 28.2 Å². The Labute approximate surface area is 196 Å². The Morgan fingerprint density at radius 3 is 2.58 bits per heavy atom. The number of nitrogens with one attached hydrogen (secondary N) is 1. The number of benzene rings is 2. The zero-order valence-corrected chi connectivity index (χ0v) is 19.3. The molecular formula is C26H22N4O2S. The molecule has 164 valence electrons. The Morgan fingerprint density at radius 2 is 1.85 bits per heavy atom. The minimum Gasteiger partial charge on any atom is -0.497 e. The van der Waals surface area contributed by atoms with Crippen LogP contribution in [0.5, 0.6) is 5.75 Å². The summed E-state index contributed by atoms with van der Waals surface area (Å²) in [5.74, 6) is 0.586. The van der Waals surface area contributed by atoms with Gasteiger partial charge in [0.25, 0.3) is 0 Å². The van der Waals surface area contributed by atoms with Crippen LogP contribution in [0.4, 0.5) is 5.69 Å². The van der Waals surface area contributed by atoms with Gasteiger partial charge in [-0.25, -0.2) is 4.98 Å². The van der Waals surface area contributed by atoms with Gasteiger partial charge in [0.05, 0.1) is 34.8 Å². The molecule has 0 fully saturated rings. The van der Waals surface area contributed by atoms with E-state index in [1.165, 1.54) is 11.8 Å². The lowest BCUT2D eigenvalue weighted by Gasteiger charge is -2.15. The number of fused-ring (bicyclic) bond motifs is 1. The van der Waals surface area contributed by atoms with E-state index >= 15 is 0 Å². The lowest BCUT2D eigenvalue weighted by Crippen LogP contribution is -2.23. The number of aryl methyl sites for hydroxylation is 1. The molecule has 1 unspecified atom stereocenters. The van der Waals surface area contributed by atoms with E-state index in [9.17, 15) is 10.1 Å². The molecule has 2 heterocycles. The summed E-state index contributed by atoms with van der Waals surface area (Å²) in [7, 11) is 1.62. The van der Waals surface area contributed by atoms with Gasteiger partial charge in [-0.05, 0) is 62.4 Å². The number of rotatable bonds is 6. The molecule has 7 heteroatoms. The third-order valence-corrected chi connectivity index (χ3v) is 6.23. The summed E-state index contributed by atoms with van der Waals surface area (Å²) in [5, 5.41) is 13.5. The van der Waals surface area contributed by atoms with Gasteiger partial charge >= 0.3 is 0 Å². The summed E-state index contributed by atoms with van der Waals surface area (Å²) in [6.07, 6.45) is 0. The second-order valence-corrected chi connectivity index (χ2v) is 8.80. The lowest BCUT2D eigenvalue weighted by molar-refractivity contribution is -0.115. The molecule has 4 rings (SSSR count). The van der Waals surface area contributed by atoms with Crippen LogP contribution in [-0.2, 0) is 4.79 Å². The summed E-state index contributed by atoms with van der Waals surface area (Å²) in [6.45, 7) is 3.70. The number of ether oxygens (including phenoxy) is 1. The fraction of sp³-hybridized carbons (Fsp3) is 0.154. The number of amides is 1. The molecule has 0 aliphatic rings. The Kier molecular flexibility index (Phi) is 6.57. The molecule has 0 radical (unpaired) electrons. The molecule has 2 aromatic heterocycles. The first kappa shape index (κ1) is 22.3. The average Bonchev–Trinajstić information content (AvgIpc) is 2.84. The second-order valence-electron chi connectivity index (χ2n) is 7.47. The van der Waals surface area contributed by atoms with E-state index in [4.69, 9.17) is 4.74 Å². The normalized spacial score (nSPS) is 11.6. The van der Waals surface area contributed by atoms with E-state index in [0.29, 0.717) is 10.6 Å². The van der Waals surface area contributed by atoms with Gasteiger partial charge in [0.1, 0.15) is 16.8 Å². The average molecular weight is 455 g/mol. The van der Waals surface area contributed by atoms with E-state index in [0.717, 1.165) is 39.3 Å². The van der Waals surface area contributed by atoms with Crippen molar-refractivity contribution in [1.82, 2.24) is 9.97 Å². The summed E-state index contributed by atoms with van der Waals surface area (Å²) in [6, 6.07) is 22.8. The molecule has 0 aliphatic carbocycles. The molecule has 4 aromatic rings. The predicted molar refractivity (Wildman–Crippen MR) is 131 cm³/mol. The molecule has 1 atom stereocenters. The minimum atomic E-state index is -0.469. The highest BCUT2D eigenvalue weighted by Gasteiger charge is 2.19. The van der Waals surface area contributed by atoms with Gasteiger partial charge in [0.15, 0.2) is 0 Å². The topological polar surface area (TPSA) is 87.9 Å². The van der Waals surface area contributed by atoms with Gasteiger partial charge in [-0.1, -0.05) is 30.0 Å². The Morgan fingerprint density at radius 1 is 1.09 bits per heavy atom. The summed E-state index contributed by atoms with van der Waals surface area (Å²) >= 11 is 1.26. The maximum atomic E-state index is 13.0. The summed E-state index contributed by atoms with van der Waals surface area (Å²) < 4.78 is 5.21. The molecule has 0 saturated heterocycles. The van der Waals surface area contributed by atoms with E-state index in [1.54, 1.807) is 26.2 Å². The number of carbonyl (C=O) groups is 1. The van der Waals surface area contributed by atoms with Crippen LogP contribution in [0.25, 0.3) is 22.2 Å². The van der Waals surface area contributed by atoms with E-state index < -0.39 is 5.25 Å². The maximum absolute atomic E-state index is 13.0. The molecule has 2 aromatic carbocycles. The van der Waals surface area contributed by atoms with Crippen molar-refractivity contribution in [3.63, 3.8) is 0 Å². The fourth-order valence-electron chi connectivity index (χ4n) is 3.40. The first-order valence-corrected chi connectivity index (χ1v) is 11.3. The van der Waals surface area contributed by atoms with Crippen molar-refractivity contribution in [3.05, 3.63) is 78.0 Å². The van der Waals surface area contributed by atoms with Crippen molar-refractivity contribution in [1.29, 1.82) is 5.26 Å². The van der Waals surface area contributed by atoms with Crippen molar-refractivity contribution in [2.45, 2.75) is 24.1 Å². The van der Waals surface area contributed by atoms with Crippen molar-refractivity contribution in [3.8, 4) is 23.1 Å². The number of aromatic nitrogens is 2. The van der Waals surface area contributed by atoms with Gasteiger partial charge in [-0.2, -0.15) is 5.26 Å². The molecular weight excluding hydrogens is 432 g/mol. The molecule has 1 N–H and O–H groups in total. The van der Waals surface area contributed by atoms with Crippen LogP contribution in [0.1, 0.15) is 18.2 Å². The largest absolute Gasteiger partial charge is 0.497 e. The Hall–Kier alpha value is -3.89. The van der Waals surface area contributed by atoms with Crippen molar-refractivity contribution in [2.24, 2.45) is 0 Å². The quantitative estimate of drug-likeness (QED) is 0.381. The monoisotopic (exact) mass is 454 g/mol. The molecule has 0 aliphatic heterocycles. The number of nitriles is 1. The van der Waals surface area contributed by atoms with Gasteiger partial charge in [-0.15, -0.1) is 0 Å². The first-order valence-electron chi connectivity index (χ1n) is 10.4. The van der Waals surface area contributed by atoms with Crippen LogP contribution in [0, 0.1) is 18.3 Å². The minimum absolute atomic E-state index is 0.170. The molecule has 6 nitrogen and oxygen atoms in total. The summed E-state index contributed by atoms with van der Waals surface area (Å²) in [5.41, 5.74) is 4.43. The number of carbonyl (C=O) groups excluding carboxylic acids is 1. The third kappa shape index (κ3) is 4.97. The zero-order valence-electron chi connectivity index (χ0n) is 18.5. The first-order chi connectivity index (χ1) is 16.0. The van der Waals surface area contributed by atoms with Crippen LogP contribution >= 0.6 is 11.8 Å². The number of hydrogen-bond acceptors (Lipinski definition) is 6. The second kappa shape index (κ2) is 9.72. The third-order valence-electron chi connectivity index (χ3n) is 5.13. The highest BCUT2D eigenvalue weighted by Crippen LogP contribution is 2.30. The number of para-hydroxylation sites is 1. The van der Waals surface area contributed by atoms with Crippen molar-refractivity contribution in [2.75, 3.05) is 12.4 Å². The van der Waals surface area contributed by atoms with E-state index in [-0.39, 0.29) is 5.91 Å². The van der Waals surface area contributed by atoms with Gasteiger partial charge < -0.3 is 10.1 Å². The molecule has 1 amide bonds. The fourth-order valence-corrected chi connectivity index (χ4v) is 4.30. The number of nitrogens with zero attached hydrogens (tertiary/aromatic N) is 3. The van der Waals surface area contributed by atoms with Crippen molar-refractivity contribution >= 4 is 34.3 Å². The highest BCUT2D eigenvalue weighted by atomic mass is 32.2. The molecule has 0 bridgehead atoms. The Balaban J connectivity index is 1.57. The molecule has 33 heavy (non-hydrogen) atoms. The highest BCUT2D eigenvalue weighted by molar-refractivity contribution is 8.00. The van der Waals surface area contributed by atoms with E-state index in [2.05, 4.69) is 21.4 Å². The number of thioether (sulfide) groups is 1. The maximum Gasteiger partial charge on any atom is 0.237 e. The van der Waals surface area contributed by atoms with Crippen LogP contribution in [0.2, 0.25) is 0 Å². The van der Waals surface area contributed by atoms with E-state index in [1.807, 2.05) is 61.5 Å². The van der Waals surface area contributed by atoms with Crippen LogP contribution in [0.15, 0.2) is 71.8 Å². The van der Waals surface area contributed by atoms with Gasteiger partial charge in [0.2, 0.25) is 5.91 Å². The molecule has 0 saturated carbocycles. The SMILES string of the molecule is COc1ccc(-c2ccc(C#N)c(SC(C)C(=O)Nc3cc(C)nc4ccccc34)n2)cc1. The number of methoxy groups -OCH3 is 1. The lowest BCUT2D eigenvalue weighted by atomic mass is 10.1. The molecule has 0 spiro atoms.